The van der Waals surface area contributed by atoms with Gasteiger partial charge in [-0.05, 0) is 18.1 Å². The molecule has 0 spiro atoms. The van der Waals surface area contributed by atoms with Crippen LogP contribution in [0.4, 0.5) is 13.2 Å². The first-order valence-corrected chi connectivity index (χ1v) is 11.2. The highest BCUT2D eigenvalue weighted by atomic mass is 35.5. The second kappa shape index (κ2) is 9.38. The van der Waals surface area contributed by atoms with Crippen LogP contribution in [0.2, 0.25) is 28.2 Å². The van der Waals surface area contributed by atoms with E-state index in [1.165, 1.54) is 12.4 Å². The molecule has 9 heteroatoms. The normalized spacial score (nSPS) is 14.0. The molecule has 0 fully saturated rings. The molecule has 0 radical (unpaired) electrons. The number of hydrogen-bond donors (Lipinski definition) is 1. The van der Waals surface area contributed by atoms with Crippen LogP contribution in [0.25, 0.3) is 0 Å². The molecule has 0 saturated carbocycles. The lowest BCUT2D eigenvalue weighted by molar-refractivity contribution is -0.125. The summed E-state index contributed by atoms with van der Waals surface area (Å²) in [5.74, 6) is 0. The Kier molecular flexibility index (Phi) is 8.48. The highest BCUT2D eigenvalue weighted by Gasteiger charge is 2.35. The first-order chi connectivity index (χ1) is 11.2. The molecule has 0 aliphatic carbocycles. The van der Waals surface area contributed by atoms with E-state index in [4.69, 9.17) is 27.6 Å². The van der Waals surface area contributed by atoms with Gasteiger partial charge in [0.2, 0.25) is 0 Å². The molecular formula is C15H23Cl2F3N2OSi. The van der Waals surface area contributed by atoms with Crippen molar-refractivity contribution in [2.75, 3.05) is 13.1 Å². The maximum atomic E-state index is 12.4. The lowest BCUT2D eigenvalue weighted by atomic mass is 10.1. The van der Waals surface area contributed by atoms with Crippen LogP contribution in [0.5, 0.6) is 0 Å². The van der Waals surface area contributed by atoms with E-state index in [9.17, 15) is 13.2 Å². The predicted octanol–water partition coefficient (Wildman–Crippen LogP) is 5.60. The highest BCUT2D eigenvalue weighted by molar-refractivity contribution is 6.73. The van der Waals surface area contributed by atoms with E-state index in [2.05, 4.69) is 31.1 Å². The number of halogens is 5. The Morgan fingerprint density at radius 3 is 2.04 bits per heavy atom. The van der Waals surface area contributed by atoms with E-state index < -0.39 is 27.1 Å². The third kappa shape index (κ3) is 6.18. The molecule has 0 aliphatic heterocycles. The van der Waals surface area contributed by atoms with Gasteiger partial charge in [-0.25, -0.2) is 0 Å². The predicted molar refractivity (Wildman–Crippen MR) is 94.2 cm³/mol. The summed E-state index contributed by atoms with van der Waals surface area (Å²) in [5, 5.41) is 3.01. The van der Waals surface area contributed by atoms with Gasteiger partial charge >= 0.3 is 6.18 Å². The van der Waals surface area contributed by atoms with Gasteiger partial charge in [0.1, 0.15) is 0 Å². The van der Waals surface area contributed by atoms with Gasteiger partial charge in [0, 0.05) is 24.5 Å². The van der Waals surface area contributed by atoms with Gasteiger partial charge in [0.25, 0.3) is 0 Å². The first-order valence-electron chi connectivity index (χ1n) is 7.92. The molecule has 1 aromatic rings. The Labute approximate surface area is 152 Å². The summed E-state index contributed by atoms with van der Waals surface area (Å²) in [6.45, 7) is 5.05. The summed E-state index contributed by atoms with van der Waals surface area (Å²) >= 11 is 12.4. The molecule has 1 heterocycles. The number of rotatable bonds is 9. The number of hydrogen-bond acceptors (Lipinski definition) is 3. The van der Waals surface area contributed by atoms with Gasteiger partial charge in [-0.15, -0.1) is 0 Å². The van der Waals surface area contributed by atoms with E-state index in [-0.39, 0.29) is 6.54 Å². The summed E-state index contributed by atoms with van der Waals surface area (Å²) in [7, 11) is -2.06. The van der Waals surface area contributed by atoms with Crippen LogP contribution in [-0.4, -0.2) is 32.6 Å². The molecule has 1 atom stereocenters. The second-order valence-electron chi connectivity index (χ2n) is 5.61. The van der Waals surface area contributed by atoms with Crippen molar-refractivity contribution in [3.05, 3.63) is 28.0 Å². The number of alkyl halides is 3. The zero-order chi connectivity index (χ0) is 18.4. The highest BCUT2D eigenvalue weighted by Crippen LogP contribution is 2.36. The van der Waals surface area contributed by atoms with Crippen molar-refractivity contribution in [2.45, 2.75) is 51.2 Å². The molecular weight excluding hydrogens is 380 g/mol. The molecule has 0 aliphatic rings. The summed E-state index contributed by atoms with van der Waals surface area (Å²) in [4.78, 5) is 3.89. The van der Waals surface area contributed by atoms with Crippen LogP contribution in [0.15, 0.2) is 12.4 Å². The summed E-state index contributed by atoms with van der Waals surface area (Å²) in [6, 6.07) is 2.61. The summed E-state index contributed by atoms with van der Waals surface area (Å²) < 4.78 is 43.7. The van der Waals surface area contributed by atoms with Gasteiger partial charge in [-0.2, -0.15) is 13.2 Å². The van der Waals surface area contributed by atoms with Gasteiger partial charge in [0.05, 0.1) is 22.7 Å². The summed E-state index contributed by atoms with van der Waals surface area (Å²) in [6.07, 6.45) is -2.07. The molecule has 138 valence electrons. The van der Waals surface area contributed by atoms with Gasteiger partial charge in [0.15, 0.2) is 8.32 Å². The quantitative estimate of drug-likeness (QED) is 0.545. The van der Waals surface area contributed by atoms with Crippen molar-refractivity contribution in [3.8, 4) is 0 Å². The van der Waals surface area contributed by atoms with E-state index in [1.54, 1.807) is 0 Å². The standard InChI is InChI=1S/C15H23Cl2F3N2OSi/c1-4-24(5-2,6-3)23-13(9-22-10-15(18,19)20)14-11(16)7-21-8-12(14)17/h7-8,13,22H,4-6,9-10H2,1-3H3. The van der Waals surface area contributed by atoms with Gasteiger partial charge in [-0.3, -0.25) is 4.98 Å². The molecule has 1 N–H and O–H groups in total. The molecule has 24 heavy (non-hydrogen) atoms. The summed E-state index contributed by atoms with van der Waals surface area (Å²) in [5.41, 5.74) is 0.496. The van der Waals surface area contributed by atoms with Crippen molar-refractivity contribution >= 4 is 31.5 Å². The minimum Gasteiger partial charge on any atom is -0.409 e. The van der Waals surface area contributed by atoms with Crippen molar-refractivity contribution in [3.63, 3.8) is 0 Å². The number of aromatic nitrogens is 1. The maximum Gasteiger partial charge on any atom is 0.401 e. The molecule has 0 aromatic carbocycles. The number of pyridine rings is 1. The molecule has 0 saturated heterocycles. The Bertz CT molecular complexity index is 499. The molecule has 1 rings (SSSR count). The van der Waals surface area contributed by atoms with Crippen LogP contribution in [-0.2, 0) is 4.43 Å². The van der Waals surface area contributed by atoms with Crippen LogP contribution in [0, 0.1) is 0 Å². The number of nitrogens with zero attached hydrogens (tertiary/aromatic N) is 1. The average molecular weight is 403 g/mol. The third-order valence-corrected chi connectivity index (χ3v) is 9.45. The van der Waals surface area contributed by atoms with Crippen molar-refractivity contribution in [2.24, 2.45) is 0 Å². The largest absolute Gasteiger partial charge is 0.409 e. The topological polar surface area (TPSA) is 34.1 Å². The lowest BCUT2D eigenvalue weighted by Gasteiger charge is -2.34. The number of nitrogens with one attached hydrogen (secondary N) is 1. The van der Waals surface area contributed by atoms with Crippen LogP contribution >= 0.6 is 23.2 Å². The van der Waals surface area contributed by atoms with E-state index in [0.29, 0.717) is 15.6 Å². The lowest BCUT2D eigenvalue weighted by Crippen LogP contribution is -2.41. The maximum absolute atomic E-state index is 12.4. The van der Waals surface area contributed by atoms with Crippen LogP contribution in [0.3, 0.4) is 0 Å². The van der Waals surface area contributed by atoms with Gasteiger partial charge in [-0.1, -0.05) is 44.0 Å². The Balaban J connectivity index is 3.07. The monoisotopic (exact) mass is 402 g/mol. The zero-order valence-corrected chi connectivity index (χ0v) is 16.5. The zero-order valence-electron chi connectivity index (χ0n) is 14.0. The third-order valence-electron chi connectivity index (χ3n) is 4.19. The van der Waals surface area contributed by atoms with Crippen molar-refractivity contribution in [1.29, 1.82) is 0 Å². The second-order valence-corrected chi connectivity index (χ2v) is 11.2. The fourth-order valence-corrected chi connectivity index (χ4v) is 5.99. The Hall–Kier alpha value is -0.343. The SMILES string of the molecule is CC[Si](CC)(CC)OC(CNCC(F)(F)F)c1c(Cl)cncc1Cl. The average Bonchev–Trinajstić information content (AvgIpc) is 2.51. The molecule has 1 aromatic heterocycles. The van der Waals surface area contributed by atoms with Crippen LogP contribution in [0.1, 0.15) is 32.4 Å². The van der Waals surface area contributed by atoms with Crippen molar-refractivity contribution in [1.82, 2.24) is 10.3 Å². The first kappa shape index (κ1) is 21.7. The molecule has 0 bridgehead atoms. The van der Waals surface area contributed by atoms with E-state index >= 15 is 0 Å². The fourth-order valence-electron chi connectivity index (χ4n) is 2.58. The van der Waals surface area contributed by atoms with E-state index in [0.717, 1.165) is 18.1 Å². The molecule has 0 amide bonds. The van der Waals surface area contributed by atoms with Gasteiger partial charge < -0.3 is 9.74 Å². The Morgan fingerprint density at radius 1 is 1.12 bits per heavy atom. The van der Waals surface area contributed by atoms with E-state index in [1.807, 2.05) is 0 Å². The minimum absolute atomic E-state index is 0.0162. The molecule has 1 unspecified atom stereocenters. The molecule has 3 nitrogen and oxygen atoms in total. The minimum atomic E-state index is -4.29. The van der Waals surface area contributed by atoms with Crippen LogP contribution < -0.4 is 5.32 Å². The Morgan fingerprint density at radius 2 is 1.62 bits per heavy atom. The fraction of sp³-hybridized carbons (Fsp3) is 0.667. The van der Waals surface area contributed by atoms with Crippen molar-refractivity contribution < 1.29 is 17.6 Å². The smallest absolute Gasteiger partial charge is 0.401 e.